The first-order chi connectivity index (χ1) is 6.25. The van der Waals surface area contributed by atoms with E-state index in [9.17, 15) is 9.28 Å². The van der Waals surface area contributed by atoms with Gasteiger partial charge in [0.1, 0.15) is 0 Å². The minimum atomic E-state index is -0.458. The Morgan fingerprint density at radius 1 is 1.31 bits per heavy atom. The Balaban J connectivity index is 2.13. The Kier molecular flexibility index (Phi) is 2.24. The molecule has 2 aliphatic heterocycles. The number of hydrogen-bond acceptors (Lipinski definition) is 2. The molecule has 2 aliphatic rings. The number of rotatable bonds is 0. The van der Waals surface area contributed by atoms with Crippen molar-refractivity contribution >= 4 is 5.91 Å². The topological polar surface area (TPSA) is 32.3 Å². The highest BCUT2D eigenvalue weighted by atomic mass is 19.2. The van der Waals surface area contributed by atoms with E-state index in [1.807, 2.05) is 0 Å². The molecule has 1 spiro atoms. The Morgan fingerprint density at radius 3 is 2.69 bits per heavy atom. The van der Waals surface area contributed by atoms with Gasteiger partial charge in [0.2, 0.25) is 0 Å². The van der Waals surface area contributed by atoms with Crippen molar-refractivity contribution in [2.75, 3.05) is 13.1 Å². The van der Waals surface area contributed by atoms with Crippen LogP contribution in [0.15, 0.2) is 0 Å². The first-order valence-electron chi connectivity index (χ1n) is 4.94. The molecule has 13 heavy (non-hydrogen) atoms. The Hall–Kier alpha value is -0.640. The molecule has 2 rings (SSSR count). The van der Waals surface area contributed by atoms with Crippen LogP contribution in [0.4, 0.5) is 4.48 Å². The van der Waals surface area contributed by atoms with Gasteiger partial charge in [0.25, 0.3) is 5.91 Å². The molecule has 4 heteroatoms. The summed E-state index contributed by atoms with van der Waals surface area (Å²) < 4.78 is 13.6. The normalized spacial score (nSPS) is 28.1. The highest BCUT2D eigenvalue weighted by Gasteiger charge is 2.43. The summed E-state index contributed by atoms with van der Waals surface area (Å²) in [7, 11) is 0. The van der Waals surface area contributed by atoms with Crippen LogP contribution in [0.5, 0.6) is 0 Å². The summed E-state index contributed by atoms with van der Waals surface area (Å²) >= 11 is 0. The third-order valence-electron chi connectivity index (χ3n) is 3.20. The summed E-state index contributed by atoms with van der Waals surface area (Å²) in [5, 5.41) is 3.70. The Labute approximate surface area is 77.2 Å². The number of hydrogen-bond donors (Lipinski definition) is 1. The van der Waals surface area contributed by atoms with Crippen LogP contribution in [0.2, 0.25) is 0 Å². The molecule has 3 nitrogen and oxygen atoms in total. The van der Waals surface area contributed by atoms with Crippen molar-refractivity contribution in [1.82, 2.24) is 10.4 Å². The molecule has 0 aromatic heterocycles. The first kappa shape index (κ1) is 8.94. The standard InChI is InChI=1S/C9H15FN2O/c10-12-8(13)2-1-3-9(12)4-6-11-7-5-9/h11H,1-7H2. The molecule has 0 aliphatic carbocycles. The summed E-state index contributed by atoms with van der Waals surface area (Å²) in [6.45, 7) is 1.65. The lowest BCUT2D eigenvalue weighted by molar-refractivity contribution is -0.174. The number of carbonyl (C=O) groups is 1. The van der Waals surface area contributed by atoms with Gasteiger partial charge in [-0.1, -0.05) is 4.48 Å². The zero-order valence-electron chi connectivity index (χ0n) is 7.68. The Morgan fingerprint density at radius 2 is 2.00 bits per heavy atom. The molecule has 0 unspecified atom stereocenters. The molecular formula is C9H15FN2O. The number of nitrogens with one attached hydrogen (secondary N) is 1. The van der Waals surface area contributed by atoms with Gasteiger partial charge in [-0.25, -0.2) is 0 Å². The molecular weight excluding hydrogens is 171 g/mol. The molecule has 1 amide bonds. The van der Waals surface area contributed by atoms with Crippen molar-refractivity contribution in [3.63, 3.8) is 0 Å². The molecule has 0 aromatic rings. The zero-order chi connectivity index (χ0) is 9.31. The summed E-state index contributed by atoms with van der Waals surface area (Å²) in [6.07, 6.45) is 3.58. The van der Waals surface area contributed by atoms with Crippen LogP contribution in [-0.4, -0.2) is 29.7 Å². The summed E-state index contributed by atoms with van der Waals surface area (Å²) in [5.74, 6) is -0.326. The predicted octanol–water partition coefficient (Wildman–Crippen LogP) is 1.01. The molecule has 0 radical (unpaired) electrons. The van der Waals surface area contributed by atoms with Gasteiger partial charge in [0.05, 0.1) is 5.54 Å². The quantitative estimate of drug-likeness (QED) is 0.572. The number of carbonyl (C=O) groups excluding carboxylic acids is 1. The van der Waals surface area contributed by atoms with Crippen molar-refractivity contribution in [2.45, 2.75) is 37.6 Å². The zero-order valence-corrected chi connectivity index (χ0v) is 7.68. The van der Waals surface area contributed by atoms with Crippen LogP contribution in [0.1, 0.15) is 32.1 Å². The summed E-state index contributed by atoms with van der Waals surface area (Å²) in [4.78, 5) is 11.2. The molecule has 0 saturated carbocycles. The van der Waals surface area contributed by atoms with Gasteiger partial charge < -0.3 is 5.32 Å². The van der Waals surface area contributed by atoms with E-state index in [-0.39, 0.29) is 5.91 Å². The maximum absolute atomic E-state index is 13.6. The van der Waals surface area contributed by atoms with Crippen LogP contribution < -0.4 is 5.32 Å². The maximum atomic E-state index is 13.6. The Bertz CT molecular complexity index is 208. The van der Waals surface area contributed by atoms with Crippen LogP contribution in [0.25, 0.3) is 0 Å². The van der Waals surface area contributed by atoms with Gasteiger partial charge in [0.15, 0.2) is 0 Å². The molecule has 74 valence electrons. The molecule has 2 heterocycles. The highest BCUT2D eigenvalue weighted by Crippen LogP contribution is 2.36. The van der Waals surface area contributed by atoms with Gasteiger partial charge >= 0.3 is 0 Å². The van der Waals surface area contributed by atoms with Crippen molar-refractivity contribution in [2.24, 2.45) is 0 Å². The first-order valence-corrected chi connectivity index (χ1v) is 4.94. The lowest BCUT2D eigenvalue weighted by Gasteiger charge is -2.43. The van der Waals surface area contributed by atoms with Crippen LogP contribution in [0.3, 0.4) is 0 Å². The minimum Gasteiger partial charge on any atom is -0.317 e. The fourth-order valence-electron chi connectivity index (χ4n) is 2.37. The van der Waals surface area contributed by atoms with E-state index in [0.29, 0.717) is 11.5 Å². The van der Waals surface area contributed by atoms with Gasteiger partial charge in [0, 0.05) is 6.42 Å². The minimum absolute atomic E-state index is 0.326. The highest BCUT2D eigenvalue weighted by molar-refractivity contribution is 5.76. The lowest BCUT2D eigenvalue weighted by Crippen LogP contribution is -2.55. The van der Waals surface area contributed by atoms with Crippen molar-refractivity contribution in [1.29, 1.82) is 0 Å². The smallest absolute Gasteiger partial charge is 0.250 e. The molecule has 0 atom stereocenters. The van der Waals surface area contributed by atoms with Crippen molar-refractivity contribution in [3.05, 3.63) is 0 Å². The predicted molar refractivity (Wildman–Crippen MR) is 46.6 cm³/mol. The van der Waals surface area contributed by atoms with Crippen LogP contribution >= 0.6 is 0 Å². The molecule has 0 aromatic carbocycles. The molecule has 0 bridgehead atoms. The second-order valence-corrected chi connectivity index (χ2v) is 4.00. The van der Waals surface area contributed by atoms with Crippen LogP contribution in [0, 0.1) is 0 Å². The second-order valence-electron chi connectivity index (χ2n) is 4.00. The third-order valence-corrected chi connectivity index (χ3v) is 3.20. The average Bonchev–Trinajstić information content (AvgIpc) is 2.16. The maximum Gasteiger partial charge on any atom is 0.250 e. The number of piperidine rings is 2. The average molecular weight is 186 g/mol. The van der Waals surface area contributed by atoms with E-state index in [1.165, 1.54) is 0 Å². The summed E-state index contributed by atoms with van der Waals surface area (Å²) in [6, 6.07) is 0. The largest absolute Gasteiger partial charge is 0.317 e. The summed E-state index contributed by atoms with van der Waals surface area (Å²) in [5.41, 5.74) is -0.458. The van der Waals surface area contributed by atoms with Gasteiger partial charge in [-0.05, 0) is 38.8 Å². The van der Waals surface area contributed by atoms with Gasteiger partial charge in [-0.2, -0.15) is 5.12 Å². The fourth-order valence-corrected chi connectivity index (χ4v) is 2.37. The van der Waals surface area contributed by atoms with Crippen molar-refractivity contribution in [3.8, 4) is 0 Å². The second kappa shape index (κ2) is 3.25. The monoisotopic (exact) mass is 186 g/mol. The fraction of sp³-hybridized carbons (Fsp3) is 0.889. The third kappa shape index (κ3) is 1.43. The van der Waals surface area contributed by atoms with Crippen molar-refractivity contribution < 1.29 is 9.28 Å². The SMILES string of the molecule is O=C1CCCC2(CCNCC2)N1F. The van der Waals surface area contributed by atoms with E-state index >= 15 is 0 Å². The van der Waals surface area contributed by atoms with Crippen LogP contribution in [-0.2, 0) is 4.79 Å². The lowest BCUT2D eigenvalue weighted by atomic mass is 9.80. The molecule has 2 saturated heterocycles. The van der Waals surface area contributed by atoms with E-state index in [0.717, 1.165) is 38.8 Å². The molecule has 2 fully saturated rings. The van der Waals surface area contributed by atoms with Gasteiger partial charge in [-0.3, -0.25) is 4.79 Å². The number of nitrogens with zero attached hydrogens (tertiary/aromatic N) is 1. The van der Waals surface area contributed by atoms with E-state index in [2.05, 4.69) is 5.32 Å². The van der Waals surface area contributed by atoms with Gasteiger partial charge in [-0.15, -0.1) is 0 Å². The van der Waals surface area contributed by atoms with E-state index < -0.39 is 5.54 Å². The molecule has 1 N–H and O–H groups in total. The number of halogens is 1. The van der Waals surface area contributed by atoms with E-state index in [1.54, 1.807) is 0 Å². The van der Waals surface area contributed by atoms with E-state index in [4.69, 9.17) is 0 Å². The number of amides is 1.